The maximum absolute atomic E-state index is 10.5. The smallest absolute Gasteiger partial charge is 0.315 e. The van der Waals surface area contributed by atoms with Gasteiger partial charge in [0.05, 0.1) is 0 Å². The van der Waals surface area contributed by atoms with Crippen molar-refractivity contribution in [3.63, 3.8) is 0 Å². The summed E-state index contributed by atoms with van der Waals surface area (Å²) in [5.41, 5.74) is -0.179. The molecule has 0 aliphatic heterocycles. The average Bonchev–Trinajstić information content (AvgIpc) is 1.62. The molecule has 0 aromatic carbocycles. The lowest BCUT2D eigenvalue weighted by Gasteiger charge is -2.19. The topological polar surface area (TPSA) is 41.1 Å². The third kappa shape index (κ3) is 5.14. The Balaban J connectivity index is 3.60. The van der Waals surface area contributed by atoms with E-state index < -0.39 is 0 Å². The van der Waals surface area contributed by atoms with E-state index in [1.54, 1.807) is 0 Å². The fourth-order valence-corrected chi connectivity index (χ4v) is 0.385. The van der Waals surface area contributed by atoms with Crippen molar-refractivity contribution in [1.29, 1.82) is 0 Å². The van der Waals surface area contributed by atoms with Crippen molar-refractivity contribution in [2.45, 2.75) is 26.3 Å². The lowest BCUT2D eigenvalue weighted by Crippen LogP contribution is -2.44. The second-order valence-electron chi connectivity index (χ2n) is 2.88. The van der Waals surface area contributed by atoms with Crippen LogP contribution in [0.4, 0.5) is 4.79 Å². The molecule has 0 unspecified atom stereocenters. The van der Waals surface area contributed by atoms with Gasteiger partial charge in [0.15, 0.2) is 0 Å². The van der Waals surface area contributed by atoms with Crippen LogP contribution in [0.15, 0.2) is 0 Å². The van der Waals surface area contributed by atoms with Crippen LogP contribution in [0, 0.1) is 7.05 Å². The summed E-state index contributed by atoms with van der Waals surface area (Å²) in [6.07, 6.45) is 0. The third-order valence-corrected chi connectivity index (χ3v) is 0.649. The Morgan fingerprint density at radius 2 is 1.89 bits per heavy atom. The van der Waals surface area contributed by atoms with Gasteiger partial charge in [-0.2, -0.15) is 0 Å². The Labute approximate surface area is 55.8 Å². The van der Waals surface area contributed by atoms with Crippen molar-refractivity contribution in [2.75, 3.05) is 0 Å². The van der Waals surface area contributed by atoms with Gasteiger partial charge in [-0.05, 0) is 20.8 Å². The zero-order valence-corrected chi connectivity index (χ0v) is 6.12. The fraction of sp³-hybridized carbons (Fsp3) is 0.667. The molecule has 0 fully saturated rings. The van der Waals surface area contributed by atoms with E-state index in [2.05, 4.69) is 17.7 Å². The molecular formula is C6H13N2O. The van der Waals surface area contributed by atoms with Crippen molar-refractivity contribution in [3.05, 3.63) is 7.05 Å². The number of amides is 2. The molecule has 0 aliphatic carbocycles. The van der Waals surface area contributed by atoms with Crippen LogP contribution in [0.1, 0.15) is 20.8 Å². The zero-order chi connectivity index (χ0) is 7.49. The summed E-state index contributed by atoms with van der Waals surface area (Å²) in [7, 11) is 3.21. The highest BCUT2D eigenvalue weighted by atomic mass is 16.2. The van der Waals surface area contributed by atoms with Gasteiger partial charge in [0.25, 0.3) is 0 Å². The molecule has 0 aliphatic rings. The van der Waals surface area contributed by atoms with Gasteiger partial charge in [-0.15, -0.1) is 0 Å². The molecule has 9 heavy (non-hydrogen) atoms. The normalized spacial score (nSPS) is 10.7. The summed E-state index contributed by atoms with van der Waals surface area (Å²) in [6, 6.07) is -0.248. The maximum Gasteiger partial charge on any atom is 0.315 e. The van der Waals surface area contributed by atoms with Crippen LogP contribution in [0.2, 0.25) is 0 Å². The van der Waals surface area contributed by atoms with Crippen LogP contribution in [-0.4, -0.2) is 11.6 Å². The molecule has 0 aromatic heterocycles. The first-order valence-corrected chi connectivity index (χ1v) is 2.81. The summed E-state index contributed by atoms with van der Waals surface area (Å²) in [6.45, 7) is 5.72. The number of nitrogens with one attached hydrogen (secondary N) is 2. The highest BCUT2D eigenvalue weighted by molar-refractivity contribution is 5.74. The predicted octanol–water partition coefficient (Wildman–Crippen LogP) is 0.876. The molecule has 2 N–H and O–H groups in total. The molecule has 0 saturated heterocycles. The molecule has 2 amide bonds. The largest absolute Gasteiger partial charge is 0.336 e. The van der Waals surface area contributed by atoms with E-state index >= 15 is 0 Å². The van der Waals surface area contributed by atoms with E-state index in [0.717, 1.165) is 0 Å². The van der Waals surface area contributed by atoms with Crippen LogP contribution in [0.5, 0.6) is 0 Å². The SMILES string of the molecule is [CH2]NC(=O)NC(C)(C)C. The van der Waals surface area contributed by atoms with Gasteiger partial charge in [-0.25, -0.2) is 4.79 Å². The first-order chi connectivity index (χ1) is 3.95. The highest BCUT2D eigenvalue weighted by Crippen LogP contribution is 1.96. The molecule has 0 spiro atoms. The van der Waals surface area contributed by atoms with Gasteiger partial charge >= 0.3 is 6.03 Å². The first-order valence-electron chi connectivity index (χ1n) is 2.81. The minimum Gasteiger partial charge on any atom is -0.336 e. The van der Waals surface area contributed by atoms with E-state index in [0.29, 0.717) is 0 Å². The van der Waals surface area contributed by atoms with Crippen LogP contribution < -0.4 is 10.6 Å². The molecule has 53 valence electrons. The van der Waals surface area contributed by atoms with Gasteiger partial charge in [0, 0.05) is 12.6 Å². The molecule has 0 saturated carbocycles. The van der Waals surface area contributed by atoms with Crippen molar-refractivity contribution >= 4 is 6.03 Å². The van der Waals surface area contributed by atoms with E-state index in [1.165, 1.54) is 0 Å². The molecule has 3 heteroatoms. The molecular weight excluding hydrogens is 116 g/mol. The summed E-state index contributed by atoms with van der Waals surface area (Å²) >= 11 is 0. The minimum absolute atomic E-state index is 0.179. The number of hydrogen-bond acceptors (Lipinski definition) is 1. The summed E-state index contributed by atoms with van der Waals surface area (Å²) in [5, 5.41) is 4.88. The molecule has 0 heterocycles. The van der Waals surface area contributed by atoms with E-state index in [-0.39, 0.29) is 11.6 Å². The highest BCUT2D eigenvalue weighted by Gasteiger charge is 2.11. The second-order valence-corrected chi connectivity index (χ2v) is 2.88. The van der Waals surface area contributed by atoms with E-state index in [4.69, 9.17) is 0 Å². The van der Waals surface area contributed by atoms with Gasteiger partial charge < -0.3 is 10.6 Å². The second kappa shape index (κ2) is 2.71. The quantitative estimate of drug-likeness (QED) is 0.500. The number of carbonyl (C=O) groups excluding carboxylic acids is 1. The lowest BCUT2D eigenvalue weighted by atomic mass is 10.1. The molecule has 1 radical (unpaired) electrons. The standard InChI is InChI=1S/C6H13N2O/c1-6(2,3)8-5(9)7-4/h4H2,1-3H3,(H2,7,8,9). The van der Waals surface area contributed by atoms with Crippen molar-refractivity contribution in [3.8, 4) is 0 Å². The Morgan fingerprint density at radius 1 is 1.44 bits per heavy atom. The fourth-order valence-electron chi connectivity index (χ4n) is 0.385. The lowest BCUT2D eigenvalue weighted by molar-refractivity contribution is 0.235. The Hall–Kier alpha value is -0.730. The average molecular weight is 129 g/mol. The summed E-state index contributed by atoms with van der Waals surface area (Å²) in [4.78, 5) is 10.5. The molecule has 0 rings (SSSR count). The Kier molecular flexibility index (Phi) is 2.49. The number of rotatable bonds is 0. The minimum atomic E-state index is -0.248. The molecule has 0 bridgehead atoms. The molecule has 3 nitrogen and oxygen atoms in total. The maximum atomic E-state index is 10.5. The predicted molar refractivity (Wildman–Crippen MR) is 36.8 cm³/mol. The van der Waals surface area contributed by atoms with Crippen molar-refractivity contribution < 1.29 is 4.79 Å². The van der Waals surface area contributed by atoms with Crippen molar-refractivity contribution in [2.24, 2.45) is 0 Å². The van der Waals surface area contributed by atoms with Gasteiger partial charge in [-0.1, -0.05) is 0 Å². The molecule has 0 aromatic rings. The van der Waals surface area contributed by atoms with Gasteiger partial charge in [-0.3, -0.25) is 0 Å². The van der Waals surface area contributed by atoms with Gasteiger partial charge in [0.2, 0.25) is 0 Å². The number of carbonyl (C=O) groups is 1. The Bertz CT molecular complexity index is 104. The van der Waals surface area contributed by atoms with Crippen LogP contribution >= 0.6 is 0 Å². The van der Waals surface area contributed by atoms with Crippen LogP contribution in [0.3, 0.4) is 0 Å². The summed E-state index contributed by atoms with van der Waals surface area (Å²) < 4.78 is 0. The first kappa shape index (κ1) is 8.27. The van der Waals surface area contributed by atoms with Gasteiger partial charge in [0.1, 0.15) is 0 Å². The number of hydrogen-bond donors (Lipinski definition) is 2. The third-order valence-electron chi connectivity index (χ3n) is 0.649. The zero-order valence-electron chi connectivity index (χ0n) is 6.12. The van der Waals surface area contributed by atoms with E-state index in [1.807, 2.05) is 20.8 Å². The van der Waals surface area contributed by atoms with Crippen LogP contribution in [0.25, 0.3) is 0 Å². The monoisotopic (exact) mass is 129 g/mol. The Morgan fingerprint density at radius 3 is 2.00 bits per heavy atom. The van der Waals surface area contributed by atoms with Crippen molar-refractivity contribution in [1.82, 2.24) is 10.6 Å². The van der Waals surface area contributed by atoms with Crippen LogP contribution in [-0.2, 0) is 0 Å². The summed E-state index contributed by atoms with van der Waals surface area (Å²) in [5.74, 6) is 0. The van der Waals surface area contributed by atoms with E-state index in [9.17, 15) is 4.79 Å². The number of urea groups is 1. The molecule has 0 atom stereocenters.